The Balaban J connectivity index is 1.57. The number of nitrogens with one attached hydrogen (secondary N) is 2. The van der Waals surface area contributed by atoms with Gasteiger partial charge in [-0.1, -0.05) is 12.1 Å². The van der Waals surface area contributed by atoms with E-state index in [1.54, 1.807) is 12.1 Å². The van der Waals surface area contributed by atoms with E-state index in [1.165, 1.54) is 0 Å². The number of hydrogen-bond donors (Lipinski definition) is 2. The Hall–Kier alpha value is -2.52. The van der Waals surface area contributed by atoms with Crippen molar-refractivity contribution in [1.29, 1.82) is 0 Å². The molecule has 2 atom stereocenters. The van der Waals surface area contributed by atoms with Crippen LogP contribution in [0.3, 0.4) is 0 Å². The zero-order valence-corrected chi connectivity index (χ0v) is 14.3. The van der Waals surface area contributed by atoms with E-state index >= 15 is 0 Å². The maximum absolute atomic E-state index is 13.4. The average Bonchev–Trinajstić information content (AvgIpc) is 3.01. The van der Waals surface area contributed by atoms with Gasteiger partial charge in [0.05, 0.1) is 16.3 Å². The van der Waals surface area contributed by atoms with E-state index in [0.717, 1.165) is 17.8 Å². The lowest BCUT2D eigenvalue weighted by atomic mass is 10.1. The van der Waals surface area contributed by atoms with E-state index in [0.29, 0.717) is 18.3 Å². The predicted octanol–water partition coefficient (Wildman–Crippen LogP) is 1.84. The summed E-state index contributed by atoms with van der Waals surface area (Å²) in [6.07, 6.45) is 0.281. The van der Waals surface area contributed by atoms with Crippen molar-refractivity contribution in [2.75, 3.05) is 16.8 Å². The molecule has 0 saturated carbocycles. The van der Waals surface area contributed by atoms with Gasteiger partial charge in [-0.3, -0.25) is 4.79 Å². The molecule has 0 aromatic heterocycles. The summed E-state index contributed by atoms with van der Waals surface area (Å²) in [4.78, 5) is 13.8. The van der Waals surface area contributed by atoms with Gasteiger partial charge >= 0.3 is 0 Å². The Kier molecular flexibility index (Phi) is 3.92. The first-order valence-corrected chi connectivity index (χ1v) is 9.47. The molecule has 26 heavy (non-hydrogen) atoms. The molecule has 0 spiro atoms. The molecule has 136 valence electrons. The van der Waals surface area contributed by atoms with Gasteiger partial charge in [-0.05, 0) is 36.8 Å². The predicted molar refractivity (Wildman–Crippen MR) is 91.3 cm³/mol. The monoisotopic (exact) mass is 379 g/mol. The normalized spacial score (nSPS) is 21.9. The van der Waals surface area contributed by atoms with Gasteiger partial charge in [0.1, 0.15) is 6.04 Å². The summed E-state index contributed by atoms with van der Waals surface area (Å²) in [7, 11) is -4.04. The molecule has 2 N–H and O–H groups in total. The van der Waals surface area contributed by atoms with Crippen LogP contribution in [0.5, 0.6) is 0 Å². The number of anilines is 2. The number of para-hydroxylation sites is 2. The fourth-order valence-corrected chi connectivity index (χ4v) is 4.66. The van der Waals surface area contributed by atoms with E-state index in [2.05, 4.69) is 10.0 Å². The number of halogens is 2. The standard InChI is InChI=1S/C17H15F2N3O3S/c18-12-6-5-11(8-13(12)19)26(24,25)21-10-7-16-17(23)20-14-3-1-2-4-15(14)22(16)9-10/h1-6,8,10,16,21H,7,9H2,(H,20,23). The number of fused-ring (bicyclic) bond motifs is 3. The number of carbonyl (C=O) groups is 1. The Bertz CT molecular complexity index is 996. The molecule has 2 aromatic carbocycles. The summed E-state index contributed by atoms with van der Waals surface area (Å²) < 4.78 is 53.8. The Morgan fingerprint density at radius 2 is 1.88 bits per heavy atom. The van der Waals surface area contributed by atoms with Crippen LogP contribution in [-0.4, -0.2) is 33.0 Å². The van der Waals surface area contributed by atoms with Crippen molar-refractivity contribution in [3.05, 3.63) is 54.1 Å². The number of hydrogen-bond acceptors (Lipinski definition) is 4. The van der Waals surface area contributed by atoms with Crippen LogP contribution in [0.4, 0.5) is 20.2 Å². The van der Waals surface area contributed by atoms with Crippen molar-refractivity contribution in [2.45, 2.75) is 23.4 Å². The summed E-state index contributed by atoms with van der Waals surface area (Å²) in [5, 5.41) is 2.81. The number of rotatable bonds is 3. The molecule has 1 saturated heterocycles. The summed E-state index contributed by atoms with van der Waals surface area (Å²) in [6, 6.07) is 8.68. The SMILES string of the molecule is O=C1Nc2ccccc2N2CC(NS(=O)(=O)c3ccc(F)c(F)c3)CC12. The van der Waals surface area contributed by atoms with Crippen molar-refractivity contribution < 1.29 is 22.0 Å². The first-order valence-electron chi connectivity index (χ1n) is 7.99. The summed E-state index contributed by atoms with van der Waals surface area (Å²) >= 11 is 0. The van der Waals surface area contributed by atoms with E-state index in [1.807, 2.05) is 17.0 Å². The summed E-state index contributed by atoms with van der Waals surface area (Å²) in [5.74, 6) is -2.54. The number of sulfonamides is 1. The molecule has 1 amide bonds. The average molecular weight is 379 g/mol. The first kappa shape index (κ1) is 16.9. The van der Waals surface area contributed by atoms with Crippen molar-refractivity contribution in [1.82, 2.24) is 4.72 Å². The van der Waals surface area contributed by atoms with Crippen LogP contribution in [0.25, 0.3) is 0 Å². The van der Waals surface area contributed by atoms with Gasteiger partial charge in [0.25, 0.3) is 0 Å². The molecule has 2 aliphatic rings. The third kappa shape index (κ3) is 2.82. The van der Waals surface area contributed by atoms with Gasteiger partial charge in [0, 0.05) is 12.6 Å². The molecular weight excluding hydrogens is 364 g/mol. The molecule has 2 aromatic rings. The second-order valence-electron chi connectivity index (χ2n) is 6.30. The maximum atomic E-state index is 13.4. The van der Waals surface area contributed by atoms with Crippen LogP contribution >= 0.6 is 0 Å². The number of nitrogens with zero attached hydrogens (tertiary/aromatic N) is 1. The fraction of sp³-hybridized carbons (Fsp3) is 0.235. The van der Waals surface area contributed by atoms with Crippen LogP contribution in [0.2, 0.25) is 0 Å². The highest BCUT2D eigenvalue weighted by atomic mass is 32.2. The minimum atomic E-state index is -4.04. The maximum Gasteiger partial charge on any atom is 0.247 e. The van der Waals surface area contributed by atoms with Crippen molar-refractivity contribution in [2.24, 2.45) is 0 Å². The highest BCUT2D eigenvalue weighted by Gasteiger charge is 2.42. The van der Waals surface area contributed by atoms with Crippen LogP contribution in [0, 0.1) is 11.6 Å². The third-order valence-corrected chi connectivity index (χ3v) is 6.12. The van der Waals surface area contributed by atoms with Gasteiger partial charge in [0.15, 0.2) is 11.6 Å². The lowest BCUT2D eigenvalue weighted by Crippen LogP contribution is -2.44. The van der Waals surface area contributed by atoms with Gasteiger partial charge in [-0.2, -0.15) is 0 Å². The molecule has 1 fully saturated rings. The fourth-order valence-electron chi connectivity index (χ4n) is 3.41. The first-order chi connectivity index (χ1) is 12.3. The van der Waals surface area contributed by atoms with E-state index in [-0.39, 0.29) is 17.2 Å². The third-order valence-electron chi connectivity index (χ3n) is 4.60. The van der Waals surface area contributed by atoms with Crippen LogP contribution < -0.4 is 14.9 Å². The Morgan fingerprint density at radius 3 is 2.65 bits per heavy atom. The molecule has 4 rings (SSSR count). The molecule has 9 heteroatoms. The highest BCUT2D eigenvalue weighted by molar-refractivity contribution is 7.89. The highest BCUT2D eigenvalue weighted by Crippen LogP contribution is 2.36. The van der Waals surface area contributed by atoms with Crippen LogP contribution in [0.1, 0.15) is 6.42 Å². The molecular formula is C17H15F2N3O3S. The molecule has 2 unspecified atom stereocenters. The van der Waals surface area contributed by atoms with Crippen LogP contribution in [-0.2, 0) is 14.8 Å². The minimum absolute atomic E-state index is 0.196. The second-order valence-corrected chi connectivity index (χ2v) is 8.02. The molecule has 0 aliphatic carbocycles. The lowest BCUT2D eigenvalue weighted by Gasteiger charge is -2.32. The lowest BCUT2D eigenvalue weighted by molar-refractivity contribution is -0.117. The molecule has 6 nitrogen and oxygen atoms in total. The van der Waals surface area contributed by atoms with Crippen molar-refractivity contribution >= 4 is 27.3 Å². The zero-order valence-electron chi connectivity index (χ0n) is 13.4. The van der Waals surface area contributed by atoms with Gasteiger partial charge < -0.3 is 10.2 Å². The quantitative estimate of drug-likeness (QED) is 0.853. The van der Waals surface area contributed by atoms with Gasteiger partial charge in [0.2, 0.25) is 15.9 Å². The Morgan fingerprint density at radius 1 is 1.12 bits per heavy atom. The van der Waals surface area contributed by atoms with E-state index in [4.69, 9.17) is 0 Å². The molecule has 0 radical (unpaired) electrons. The van der Waals surface area contributed by atoms with E-state index < -0.39 is 33.7 Å². The molecule has 2 aliphatic heterocycles. The van der Waals surface area contributed by atoms with Crippen LogP contribution in [0.15, 0.2) is 47.4 Å². The topological polar surface area (TPSA) is 78.5 Å². The van der Waals surface area contributed by atoms with Crippen molar-refractivity contribution in [3.63, 3.8) is 0 Å². The Labute approximate surface area is 148 Å². The van der Waals surface area contributed by atoms with E-state index in [9.17, 15) is 22.0 Å². The minimum Gasteiger partial charge on any atom is -0.356 e. The summed E-state index contributed by atoms with van der Waals surface area (Å²) in [6.45, 7) is 0.304. The number of amides is 1. The largest absolute Gasteiger partial charge is 0.356 e. The van der Waals surface area contributed by atoms with Crippen molar-refractivity contribution in [3.8, 4) is 0 Å². The smallest absolute Gasteiger partial charge is 0.247 e. The van der Waals surface area contributed by atoms with Gasteiger partial charge in [-0.25, -0.2) is 21.9 Å². The molecule has 2 heterocycles. The second kappa shape index (κ2) is 6.03. The van der Waals surface area contributed by atoms with Gasteiger partial charge in [-0.15, -0.1) is 0 Å². The molecule has 0 bridgehead atoms. The zero-order chi connectivity index (χ0) is 18.5. The number of carbonyl (C=O) groups excluding carboxylic acids is 1. The number of benzene rings is 2. The summed E-state index contributed by atoms with van der Waals surface area (Å²) in [5.41, 5.74) is 1.50.